The Morgan fingerprint density at radius 2 is 1.64 bits per heavy atom. The number of benzene rings is 2. The average Bonchev–Trinajstić information content (AvgIpc) is 3.37. The number of aromatic nitrogens is 2. The summed E-state index contributed by atoms with van der Waals surface area (Å²) in [5.74, 6) is 0.294. The van der Waals surface area contributed by atoms with Crippen LogP contribution < -0.4 is 10.9 Å². The lowest BCUT2D eigenvalue weighted by Crippen LogP contribution is -2.24. The van der Waals surface area contributed by atoms with Gasteiger partial charge in [0, 0.05) is 48.0 Å². The first-order chi connectivity index (χ1) is 20.3. The molecular weight excluding hydrogens is 522 g/mol. The third kappa shape index (κ3) is 9.18. The van der Waals surface area contributed by atoms with Gasteiger partial charge in [-0.1, -0.05) is 73.1 Å². The largest absolute Gasteiger partial charge is 0.381 e. The van der Waals surface area contributed by atoms with E-state index in [-0.39, 0.29) is 11.5 Å². The maximum atomic E-state index is 12.8. The van der Waals surface area contributed by atoms with Gasteiger partial charge < -0.3 is 20.0 Å². The minimum absolute atomic E-state index is 0.0794. The molecule has 1 amide bonds. The number of aryl methyl sites for hydroxylation is 1. The molecule has 0 saturated carbocycles. The van der Waals surface area contributed by atoms with E-state index in [0.717, 1.165) is 72.2 Å². The molecular formula is C36H51N3O3. The van der Waals surface area contributed by atoms with Gasteiger partial charge in [-0.25, -0.2) is 0 Å². The van der Waals surface area contributed by atoms with E-state index in [1.807, 2.05) is 44.2 Å². The molecule has 6 heteroatoms. The highest BCUT2D eigenvalue weighted by Crippen LogP contribution is 2.40. The lowest BCUT2D eigenvalue weighted by Gasteiger charge is -2.13. The molecule has 4 rings (SSSR count). The zero-order valence-corrected chi connectivity index (χ0v) is 26.9. The second kappa shape index (κ2) is 18.0. The molecule has 4 aromatic rings. The molecule has 2 heterocycles. The topological polar surface area (TPSA) is 87.0 Å². The van der Waals surface area contributed by atoms with E-state index < -0.39 is 0 Å². The van der Waals surface area contributed by atoms with Crippen LogP contribution >= 0.6 is 0 Å². The third-order valence-corrected chi connectivity index (χ3v) is 6.86. The summed E-state index contributed by atoms with van der Waals surface area (Å²) in [5.41, 5.74) is 7.05. The highest BCUT2D eigenvalue weighted by molar-refractivity contribution is 6.07. The number of hydrogen-bond acceptors (Lipinski definition) is 3. The minimum Gasteiger partial charge on any atom is -0.381 e. The van der Waals surface area contributed by atoms with Crippen LogP contribution in [-0.4, -0.2) is 35.6 Å². The van der Waals surface area contributed by atoms with Crippen molar-refractivity contribution in [3.8, 4) is 22.4 Å². The van der Waals surface area contributed by atoms with E-state index in [1.54, 1.807) is 6.20 Å². The van der Waals surface area contributed by atoms with Gasteiger partial charge in [-0.15, -0.1) is 0 Å². The second-order valence-corrected chi connectivity index (χ2v) is 10.5. The fraction of sp³-hybridized carbons (Fsp3) is 0.444. The average molecular weight is 574 g/mol. The van der Waals surface area contributed by atoms with Crippen molar-refractivity contribution >= 4 is 16.8 Å². The summed E-state index contributed by atoms with van der Waals surface area (Å²) in [5, 5.41) is 3.93. The standard InChI is InChI=1S/C28H31N3O2.C6H14O.C2H6/c1-5-6-13-29-27(32)20-11-12-24-23(16-20)25(22-15-19(17(2)3)10-9-18(22)4)26(31-24)21-8-7-14-30-28(21)33;1-3-5-7-6-4-2;1-2/h7-12,14-17,31H,5-6,13H2,1-4H3,(H,29,32)(H,30,33);3-6H2,1-2H3;1-2H3. The Morgan fingerprint density at radius 3 is 2.26 bits per heavy atom. The molecule has 2 aromatic carbocycles. The summed E-state index contributed by atoms with van der Waals surface area (Å²) in [4.78, 5) is 31.7. The minimum atomic E-state index is -0.152. The SMILES string of the molecule is CC.CCCCNC(=O)c1ccc2[nH]c(-c3ccc[nH]c3=O)c(-c3cc(C(C)C)ccc3C)c2c1.CCCOCCC. The van der Waals surface area contributed by atoms with Gasteiger partial charge in [-0.3, -0.25) is 9.59 Å². The molecule has 0 aliphatic heterocycles. The number of carbonyl (C=O) groups excluding carboxylic acids is 1. The van der Waals surface area contributed by atoms with Gasteiger partial charge >= 0.3 is 0 Å². The van der Waals surface area contributed by atoms with Gasteiger partial charge in [-0.2, -0.15) is 0 Å². The Morgan fingerprint density at radius 1 is 0.929 bits per heavy atom. The predicted octanol–water partition coefficient (Wildman–Crippen LogP) is 9.00. The predicted molar refractivity (Wildman–Crippen MR) is 179 cm³/mol. The number of hydrogen-bond donors (Lipinski definition) is 3. The van der Waals surface area contributed by atoms with Crippen LogP contribution in [0.25, 0.3) is 33.3 Å². The fourth-order valence-electron chi connectivity index (χ4n) is 4.57. The normalized spacial score (nSPS) is 10.6. The molecule has 2 aromatic heterocycles. The summed E-state index contributed by atoms with van der Waals surface area (Å²) in [6.45, 7) is 19.3. The Bertz CT molecular complexity index is 1450. The highest BCUT2D eigenvalue weighted by atomic mass is 16.5. The van der Waals surface area contributed by atoms with Crippen LogP contribution in [0.3, 0.4) is 0 Å². The van der Waals surface area contributed by atoms with Crippen molar-refractivity contribution in [2.75, 3.05) is 19.8 Å². The maximum absolute atomic E-state index is 12.8. The monoisotopic (exact) mass is 573 g/mol. The first-order valence-electron chi connectivity index (χ1n) is 15.6. The highest BCUT2D eigenvalue weighted by Gasteiger charge is 2.20. The second-order valence-electron chi connectivity index (χ2n) is 10.5. The van der Waals surface area contributed by atoms with Crippen molar-refractivity contribution in [2.45, 2.75) is 87.0 Å². The van der Waals surface area contributed by atoms with Crippen LogP contribution in [0.1, 0.15) is 102 Å². The zero-order chi connectivity index (χ0) is 31.1. The number of nitrogens with one attached hydrogen (secondary N) is 3. The van der Waals surface area contributed by atoms with Gasteiger partial charge in [-0.05, 0) is 79.1 Å². The van der Waals surface area contributed by atoms with Crippen molar-refractivity contribution in [3.05, 3.63) is 81.8 Å². The number of unbranched alkanes of at least 4 members (excludes halogenated alkanes) is 1. The Labute approximate surface area is 252 Å². The van der Waals surface area contributed by atoms with Gasteiger partial charge in [0.15, 0.2) is 0 Å². The van der Waals surface area contributed by atoms with Crippen molar-refractivity contribution in [1.29, 1.82) is 0 Å². The summed E-state index contributed by atoms with van der Waals surface area (Å²) in [6.07, 6.45) is 5.89. The Hall–Kier alpha value is -3.64. The molecule has 0 bridgehead atoms. The number of H-pyrrole nitrogens is 2. The van der Waals surface area contributed by atoms with E-state index in [4.69, 9.17) is 4.74 Å². The van der Waals surface area contributed by atoms with Gasteiger partial charge in [0.05, 0.1) is 11.3 Å². The quantitative estimate of drug-likeness (QED) is 0.156. The van der Waals surface area contributed by atoms with Crippen molar-refractivity contribution < 1.29 is 9.53 Å². The molecule has 6 nitrogen and oxygen atoms in total. The van der Waals surface area contributed by atoms with Crippen molar-refractivity contribution in [3.63, 3.8) is 0 Å². The van der Waals surface area contributed by atoms with Crippen LogP contribution in [0, 0.1) is 6.92 Å². The van der Waals surface area contributed by atoms with Crippen molar-refractivity contribution in [1.82, 2.24) is 15.3 Å². The van der Waals surface area contributed by atoms with Crippen molar-refractivity contribution in [2.24, 2.45) is 0 Å². The van der Waals surface area contributed by atoms with Gasteiger partial charge in [0.2, 0.25) is 0 Å². The molecule has 0 aliphatic rings. The number of fused-ring (bicyclic) bond motifs is 1. The fourth-order valence-corrected chi connectivity index (χ4v) is 4.57. The van der Waals surface area contributed by atoms with E-state index in [2.05, 4.69) is 75.0 Å². The molecule has 3 N–H and O–H groups in total. The summed E-state index contributed by atoms with van der Waals surface area (Å²) < 4.78 is 5.13. The molecule has 228 valence electrons. The van der Waals surface area contributed by atoms with Crippen LogP contribution in [0.4, 0.5) is 0 Å². The molecule has 0 fully saturated rings. The number of carbonyl (C=O) groups is 1. The van der Waals surface area contributed by atoms with Gasteiger partial charge in [0.1, 0.15) is 0 Å². The molecule has 0 unspecified atom stereocenters. The number of ether oxygens (including phenoxy) is 1. The number of pyridine rings is 1. The maximum Gasteiger partial charge on any atom is 0.257 e. The van der Waals surface area contributed by atoms with E-state index in [1.165, 1.54) is 5.56 Å². The molecule has 0 spiro atoms. The molecule has 0 radical (unpaired) electrons. The Kier molecular flexibility index (Phi) is 14.8. The van der Waals surface area contributed by atoms with E-state index in [9.17, 15) is 9.59 Å². The molecule has 0 aliphatic carbocycles. The third-order valence-electron chi connectivity index (χ3n) is 6.86. The lowest BCUT2D eigenvalue weighted by molar-refractivity contribution is 0.0953. The lowest BCUT2D eigenvalue weighted by atomic mass is 9.91. The van der Waals surface area contributed by atoms with Crippen LogP contribution in [0.2, 0.25) is 0 Å². The molecule has 42 heavy (non-hydrogen) atoms. The van der Waals surface area contributed by atoms with E-state index >= 15 is 0 Å². The molecule has 0 atom stereocenters. The first kappa shape index (κ1) is 34.6. The number of amides is 1. The van der Waals surface area contributed by atoms with Crippen LogP contribution in [0.15, 0.2) is 59.5 Å². The molecule has 0 saturated heterocycles. The summed E-state index contributed by atoms with van der Waals surface area (Å²) >= 11 is 0. The van der Waals surface area contributed by atoms with Gasteiger partial charge in [0.25, 0.3) is 11.5 Å². The smallest absolute Gasteiger partial charge is 0.257 e. The van der Waals surface area contributed by atoms with E-state index in [0.29, 0.717) is 23.6 Å². The number of rotatable bonds is 11. The summed E-state index contributed by atoms with van der Waals surface area (Å²) in [6, 6.07) is 15.8. The Balaban J connectivity index is 0.000000601. The van der Waals surface area contributed by atoms with Crippen LogP contribution in [0.5, 0.6) is 0 Å². The van der Waals surface area contributed by atoms with Crippen LogP contribution in [-0.2, 0) is 4.74 Å². The zero-order valence-electron chi connectivity index (χ0n) is 26.9. The summed E-state index contributed by atoms with van der Waals surface area (Å²) in [7, 11) is 0. The number of aromatic amines is 2. The first-order valence-corrected chi connectivity index (χ1v) is 15.6.